The van der Waals surface area contributed by atoms with Gasteiger partial charge < -0.3 is 8.98 Å². The highest BCUT2D eigenvalue weighted by Crippen LogP contribution is 2.41. The summed E-state index contributed by atoms with van der Waals surface area (Å²) in [5.41, 5.74) is 3.35. The molecule has 4 rings (SSSR count). The number of nitriles is 1. The molecular formula is C15H12N4O. The van der Waals surface area contributed by atoms with Crippen molar-refractivity contribution >= 4 is 11.0 Å². The fourth-order valence-electron chi connectivity index (χ4n) is 2.55. The summed E-state index contributed by atoms with van der Waals surface area (Å²) in [4.78, 5) is 8.81. The molecule has 0 spiro atoms. The summed E-state index contributed by atoms with van der Waals surface area (Å²) in [6.07, 6.45) is 3.76. The van der Waals surface area contributed by atoms with Crippen LogP contribution >= 0.6 is 0 Å². The lowest BCUT2D eigenvalue weighted by molar-refractivity contribution is 0.561. The summed E-state index contributed by atoms with van der Waals surface area (Å²) >= 11 is 0. The van der Waals surface area contributed by atoms with E-state index in [4.69, 9.17) is 9.68 Å². The maximum atomic E-state index is 9.01. The third kappa shape index (κ3) is 1.55. The second-order valence-corrected chi connectivity index (χ2v) is 5.12. The largest absolute Gasteiger partial charge is 0.440 e. The third-order valence-corrected chi connectivity index (χ3v) is 3.68. The van der Waals surface area contributed by atoms with E-state index >= 15 is 0 Å². The van der Waals surface area contributed by atoms with E-state index < -0.39 is 0 Å². The van der Waals surface area contributed by atoms with Gasteiger partial charge in [-0.25, -0.2) is 9.97 Å². The van der Waals surface area contributed by atoms with Gasteiger partial charge in [-0.15, -0.1) is 0 Å². The Morgan fingerprint density at radius 2 is 2.25 bits per heavy atom. The van der Waals surface area contributed by atoms with Crippen LogP contribution in [0.2, 0.25) is 0 Å². The Morgan fingerprint density at radius 3 is 2.90 bits per heavy atom. The lowest BCUT2D eigenvalue weighted by atomic mass is 10.2. The van der Waals surface area contributed by atoms with Gasteiger partial charge in [-0.3, -0.25) is 0 Å². The van der Waals surface area contributed by atoms with E-state index in [2.05, 4.69) is 20.6 Å². The van der Waals surface area contributed by atoms with Crippen LogP contribution in [0.4, 0.5) is 0 Å². The number of rotatable bonds is 2. The number of fused-ring (bicyclic) bond motifs is 1. The lowest BCUT2D eigenvalue weighted by Gasteiger charge is -2.05. The predicted octanol–water partition coefficient (Wildman–Crippen LogP) is 3.21. The Hall–Kier alpha value is -2.61. The van der Waals surface area contributed by atoms with Crippen LogP contribution in [-0.2, 0) is 0 Å². The Morgan fingerprint density at radius 1 is 1.40 bits per heavy atom. The minimum atomic E-state index is 0.479. The van der Waals surface area contributed by atoms with Crippen molar-refractivity contribution in [2.75, 3.05) is 0 Å². The molecule has 1 aliphatic rings. The minimum absolute atomic E-state index is 0.479. The minimum Gasteiger partial charge on any atom is -0.440 e. The highest BCUT2D eigenvalue weighted by atomic mass is 16.3. The van der Waals surface area contributed by atoms with E-state index in [9.17, 15) is 0 Å². The molecule has 1 aliphatic carbocycles. The Bertz CT molecular complexity index is 849. The van der Waals surface area contributed by atoms with Crippen LogP contribution in [0.3, 0.4) is 0 Å². The molecule has 5 heteroatoms. The molecule has 2 heterocycles. The first-order chi connectivity index (χ1) is 9.78. The maximum absolute atomic E-state index is 9.01. The number of hydrogen-bond acceptors (Lipinski definition) is 4. The monoisotopic (exact) mass is 264 g/mol. The summed E-state index contributed by atoms with van der Waals surface area (Å²) < 4.78 is 7.71. The van der Waals surface area contributed by atoms with Crippen molar-refractivity contribution in [3.63, 3.8) is 0 Å². The summed E-state index contributed by atoms with van der Waals surface area (Å²) in [5.74, 6) is 1.53. The summed E-state index contributed by atoms with van der Waals surface area (Å²) in [5, 5.41) is 9.01. The molecule has 2 aromatic heterocycles. The first-order valence-electron chi connectivity index (χ1n) is 6.60. The molecule has 20 heavy (non-hydrogen) atoms. The fraction of sp³-hybridized carbons (Fsp3) is 0.267. The molecule has 3 aromatic rings. The topological polar surface area (TPSA) is 67.6 Å². The van der Waals surface area contributed by atoms with Gasteiger partial charge in [0.25, 0.3) is 0 Å². The normalized spacial score (nSPS) is 14.6. The van der Waals surface area contributed by atoms with Gasteiger partial charge in [0.1, 0.15) is 0 Å². The number of oxazole rings is 1. The fourth-order valence-corrected chi connectivity index (χ4v) is 2.55. The molecule has 5 nitrogen and oxygen atoms in total. The molecule has 0 amide bonds. The molecule has 98 valence electrons. The van der Waals surface area contributed by atoms with Crippen molar-refractivity contribution in [2.45, 2.75) is 25.8 Å². The molecule has 0 N–H and O–H groups in total. The number of nitrogens with zero attached hydrogens (tertiary/aromatic N) is 4. The van der Waals surface area contributed by atoms with Crippen molar-refractivity contribution in [2.24, 2.45) is 0 Å². The number of benzene rings is 1. The van der Waals surface area contributed by atoms with Gasteiger partial charge >= 0.3 is 0 Å². The first kappa shape index (κ1) is 11.2. The first-order valence-corrected chi connectivity index (χ1v) is 6.60. The smallest absolute Gasteiger partial charge is 0.192 e. The van der Waals surface area contributed by atoms with Gasteiger partial charge in [-0.05, 0) is 38.0 Å². The zero-order valence-electron chi connectivity index (χ0n) is 11.0. The molecular weight excluding hydrogens is 252 g/mol. The molecule has 0 bridgehead atoms. The van der Waals surface area contributed by atoms with Crippen molar-refractivity contribution < 1.29 is 4.42 Å². The van der Waals surface area contributed by atoms with Crippen molar-refractivity contribution in [3.8, 4) is 17.7 Å². The Labute approximate surface area is 115 Å². The highest BCUT2D eigenvalue weighted by Gasteiger charge is 2.30. The van der Waals surface area contributed by atoms with E-state index in [0.717, 1.165) is 35.4 Å². The third-order valence-electron chi connectivity index (χ3n) is 3.68. The standard InChI is InChI=1S/C15H12N4O/c1-9-14(20-8-17-9)15-18-12-6-10(7-16)2-5-13(12)19(15)11-3-4-11/h2,5-6,8,11H,3-4H2,1H3. The van der Waals surface area contributed by atoms with Crippen molar-refractivity contribution in [1.82, 2.24) is 14.5 Å². The lowest BCUT2D eigenvalue weighted by Crippen LogP contribution is -1.97. The molecule has 0 radical (unpaired) electrons. The average molecular weight is 264 g/mol. The second kappa shape index (κ2) is 3.94. The average Bonchev–Trinajstić information content (AvgIpc) is 3.10. The number of imidazole rings is 1. The van der Waals surface area contributed by atoms with Crippen molar-refractivity contribution in [3.05, 3.63) is 35.9 Å². The van der Waals surface area contributed by atoms with Gasteiger partial charge in [-0.2, -0.15) is 5.26 Å². The quantitative estimate of drug-likeness (QED) is 0.712. The second-order valence-electron chi connectivity index (χ2n) is 5.12. The van der Waals surface area contributed by atoms with E-state index in [-0.39, 0.29) is 0 Å². The van der Waals surface area contributed by atoms with E-state index in [1.807, 2.05) is 25.1 Å². The van der Waals surface area contributed by atoms with Crippen LogP contribution < -0.4 is 0 Å². The molecule has 1 fully saturated rings. The number of aromatic nitrogens is 3. The maximum Gasteiger partial charge on any atom is 0.192 e. The van der Waals surface area contributed by atoms with Crippen LogP contribution in [0.15, 0.2) is 29.0 Å². The molecule has 1 aromatic carbocycles. The summed E-state index contributed by atoms with van der Waals surface area (Å²) in [6.45, 7) is 1.91. The molecule has 1 saturated carbocycles. The van der Waals surface area contributed by atoms with Gasteiger partial charge in [0.2, 0.25) is 0 Å². The van der Waals surface area contributed by atoms with Gasteiger partial charge in [0.05, 0.1) is 28.4 Å². The Kier molecular flexibility index (Phi) is 2.21. The van der Waals surface area contributed by atoms with Crippen molar-refractivity contribution in [1.29, 1.82) is 5.26 Å². The molecule has 0 aliphatic heterocycles. The number of aryl methyl sites for hydroxylation is 1. The van der Waals surface area contributed by atoms with Crippen LogP contribution in [-0.4, -0.2) is 14.5 Å². The molecule has 0 saturated heterocycles. The number of hydrogen-bond donors (Lipinski definition) is 0. The zero-order valence-corrected chi connectivity index (χ0v) is 11.0. The van der Waals surface area contributed by atoms with Crippen LogP contribution in [0.25, 0.3) is 22.6 Å². The molecule has 0 atom stereocenters. The van der Waals surface area contributed by atoms with Gasteiger partial charge in [-0.1, -0.05) is 0 Å². The van der Waals surface area contributed by atoms with Gasteiger partial charge in [0.15, 0.2) is 18.0 Å². The molecule has 0 unspecified atom stereocenters. The Balaban J connectivity index is 2.03. The zero-order chi connectivity index (χ0) is 13.7. The van der Waals surface area contributed by atoms with E-state index in [1.165, 1.54) is 6.39 Å². The van der Waals surface area contributed by atoms with Crippen LogP contribution in [0.5, 0.6) is 0 Å². The SMILES string of the molecule is Cc1ncoc1-c1nc2cc(C#N)ccc2n1C1CC1. The van der Waals surface area contributed by atoms with Gasteiger partial charge in [0, 0.05) is 6.04 Å². The van der Waals surface area contributed by atoms with Crippen LogP contribution in [0.1, 0.15) is 30.1 Å². The van der Waals surface area contributed by atoms with Crippen LogP contribution in [0, 0.1) is 18.3 Å². The summed E-state index contributed by atoms with van der Waals surface area (Å²) in [6, 6.07) is 8.26. The highest BCUT2D eigenvalue weighted by molar-refractivity contribution is 5.81. The van der Waals surface area contributed by atoms with E-state index in [1.54, 1.807) is 0 Å². The summed E-state index contributed by atoms with van der Waals surface area (Å²) in [7, 11) is 0. The predicted molar refractivity (Wildman–Crippen MR) is 73.0 cm³/mol. The van der Waals surface area contributed by atoms with E-state index in [0.29, 0.717) is 17.4 Å².